The summed E-state index contributed by atoms with van der Waals surface area (Å²) in [7, 11) is 0. The number of unbranched alkanes of at least 4 members (excludes halogenated alkanes) is 45. The fourth-order valence-corrected chi connectivity index (χ4v) is 10.3. The molecular formula is C68H129NO5. The number of aliphatic hydroxyl groups is 2. The molecule has 0 heterocycles. The van der Waals surface area contributed by atoms with Crippen LogP contribution in [0.2, 0.25) is 0 Å². The fourth-order valence-electron chi connectivity index (χ4n) is 10.3. The van der Waals surface area contributed by atoms with Gasteiger partial charge >= 0.3 is 5.97 Å². The molecule has 0 aromatic rings. The van der Waals surface area contributed by atoms with Crippen LogP contribution in [0.3, 0.4) is 0 Å². The fraction of sp³-hybridized carbons (Fsp3) is 0.882. The zero-order valence-electron chi connectivity index (χ0n) is 49.8. The molecule has 0 aliphatic carbocycles. The van der Waals surface area contributed by atoms with Crippen LogP contribution in [0.1, 0.15) is 361 Å². The Morgan fingerprint density at radius 2 is 0.676 bits per heavy atom. The quantitative estimate of drug-likeness (QED) is 0.0320. The number of carbonyl (C=O) groups excluding carboxylic acids is 2. The van der Waals surface area contributed by atoms with Gasteiger partial charge in [-0.15, -0.1) is 0 Å². The molecule has 0 aliphatic rings. The molecule has 2 atom stereocenters. The van der Waals surface area contributed by atoms with Gasteiger partial charge in [-0.2, -0.15) is 0 Å². The first-order chi connectivity index (χ1) is 36.5. The molecule has 0 saturated heterocycles. The number of allylic oxidation sites excluding steroid dienone is 6. The number of ether oxygens (including phenoxy) is 1. The Hall–Kier alpha value is -1.92. The summed E-state index contributed by atoms with van der Waals surface area (Å²) >= 11 is 0. The second kappa shape index (κ2) is 63.6. The zero-order valence-corrected chi connectivity index (χ0v) is 49.8. The SMILES string of the molecule is CCCCC/C=C\CCCCCCCC(=O)OCCCCCCCCCCC/C=C\C/C=C\CCCCCCCCCCCCCC(=O)NC(CO)C(O)CCCCCCCCCCCCCCCCCCCC. The molecule has 436 valence electrons. The Kier molecular flexibility index (Phi) is 62.0. The number of amides is 1. The van der Waals surface area contributed by atoms with Crippen LogP contribution in [-0.2, 0) is 14.3 Å². The smallest absolute Gasteiger partial charge is 0.305 e. The summed E-state index contributed by atoms with van der Waals surface area (Å²) in [5.41, 5.74) is 0. The summed E-state index contributed by atoms with van der Waals surface area (Å²) in [6, 6.07) is -0.545. The van der Waals surface area contributed by atoms with Crippen LogP contribution < -0.4 is 5.32 Å². The Balaban J connectivity index is 3.43. The van der Waals surface area contributed by atoms with Crippen molar-refractivity contribution in [3.63, 3.8) is 0 Å². The molecule has 0 spiro atoms. The highest BCUT2D eigenvalue weighted by molar-refractivity contribution is 5.76. The number of rotatable bonds is 62. The van der Waals surface area contributed by atoms with E-state index in [0.29, 0.717) is 25.9 Å². The van der Waals surface area contributed by atoms with E-state index in [2.05, 4.69) is 55.6 Å². The van der Waals surface area contributed by atoms with Gasteiger partial charge in [-0.1, -0.05) is 301 Å². The predicted octanol–water partition coefficient (Wildman–Crippen LogP) is 21.1. The zero-order chi connectivity index (χ0) is 53.6. The van der Waals surface area contributed by atoms with Crippen molar-refractivity contribution in [2.24, 2.45) is 0 Å². The van der Waals surface area contributed by atoms with Crippen molar-refractivity contribution in [3.8, 4) is 0 Å². The Bertz CT molecular complexity index is 1200. The highest BCUT2D eigenvalue weighted by Crippen LogP contribution is 2.18. The molecule has 6 heteroatoms. The molecule has 74 heavy (non-hydrogen) atoms. The molecule has 0 bridgehead atoms. The van der Waals surface area contributed by atoms with Crippen LogP contribution in [0.25, 0.3) is 0 Å². The number of hydrogen-bond acceptors (Lipinski definition) is 5. The number of esters is 1. The minimum absolute atomic E-state index is 0.000703. The lowest BCUT2D eigenvalue weighted by molar-refractivity contribution is -0.143. The van der Waals surface area contributed by atoms with E-state index in [1.54, 1.807) is 0 Å². The molecule has 0 fully saturated rings. The molecule has 0 radical (unpaired) electrons. The summed E-state index contributed by atoms with van der Waals surface area (Å²) < 4.78 is 5.46. The van der Waals surface area contributed by atoms with Crippen molar-refractivity contribution in [2.75, 3.05) is 13.2 Å². The molecule has 0 saturated carbocycles. The maximum absolute atomic E-state index is 12.5. The van der Waals surface area contributed by atoms with Gasteiger partial charge in [-0.25, -0.2) is 0 Å². The van der Waals surface area contributed by atoms with Gasteiger partial charge in [0.15, 0.2) is 0 Å². The van der Waals surface area contributed by atoms with Gasteiger partial charge in [0.2, 0.25) is 5.91 Å². The van der Waals surface area contributed by atoms with E-state index in [4.69, 9.17) is 4.74 Å². The predicted molar refractivity (Wildman–Crippen MR) is 324 cm³/mol. The van der Waals surface area contributed by atoms with E-state index in [9.17, 15) is 19.8 Å². The molecule has 3 N–H and O–H groups in total. The molecule has 0 rings (SSSR count). The summed E-state index contributed by atoms with van der Waals surface area (Å²) in [5.74, 6) is -0.0346. The van der Waals surface area contributed by atoms with Crippen LogP contribution in [0.5, 0.6) is 0 Å². The van der Waals surface area contributed by atoms with E-state index in [1.165, 1.54) is 276 Å². The minimum Gasteiger partial charge on any atom is -0.466 e. The maximum Gasteiger partial charge on any atom is 0.305 e. The Morgan fingerprint density at radius 1 is 0.378 bits per heavy atom. The minimum atomic E-state index is -0.667. The third-order valence-corrected chi connectivity index (χ3v) is 15.4. The van der Waals surface area contributed by atoms with Crippen molar-refractivity contribution >= 4 is 11.9 Å². The molecule has 6 nitrogen and oxygen atoms in total. The van der Waals surface area contributed by atoms with Crippen LogP contribution in [0, 0.1) is 0 Å². The van der Waals surface area contributed by atoms with E-state index >= 15 is 0 Å². The average Bonchev–Trinajstić information content (AvgIpc) is 3.40. The number of hydrogen-bond donors (Lipinski definition) is 3. The molecule has 0 aliphatic heterocycles. The molecule has 0 aromatic carbocycles. The number of nitrogens with one attached hydrogen (secondary N) is 1. The van der Waals surface area contributed by atoms with Crippen LogP contribution in [0.15, 0.2) is 36.5 Å². The van der Waals surface area contributed by atoms with Crippen LogP contribution in [0.4, 0.5) is 0 Å². The first-order valence-corrected chi connectivity index (χ1v) is 33.2. The summed E-state index contributed by atoms with van der Waals surface area (Å²) in [5, 5.41) is 23.4. The largest absolute Gasteiger partial charge is 0.466 e. The van der Waals surface area contributed by atoms with Crippen LogP contribution in [-0.4, -0.2) is 47.4 Å². The Morgan fingerprint density at radius 3 is 1.07 bits per heavy atom. The van der Waals surface area contributed by atoms with Gasteiger partial charge < -0.3 is 20.3 Å². The highest BCUT2D eigenvalue weighted by atomic mass is 16.5. The summed E-state index contributed by atoms with van der Waals surface area (Å²) in [6.45, 7) is 4.95. The lowest BCUT2D eigenvalue weighted by Crippen LogP contribution is -2.45. The third kappa shape index (κ3) is 59.3. The normalized spacial score (nSPS) is 12.8. The van der Waals surface area contributed by atoms with Gasteiger partial charge in [-0.3, -0.25) is 9.59 Å². The number of carbonyl (C=O) groups is 2. The second-order valence-corrected chi connectivity index (χ2v) is 22.8. The molecule has 2 unspecified atom stereocenters. The van der Waals surface area contributed by atoms with Crippen molar-refractivity contribution in [1.29, 1.82) is 0 Å². The van der Waals surface area contributed by atoms with Gasteiger partial charge in [0, 0.05) is 12.8 Å². The highest BCUT2D eigenvalue weighted by Gasteiger charge is 2.20. The van der Waals surface area contributed by atoms with Gasteiger partial charge in [0.1, 0.15) is 0 Å². The second-order valence-electron chi connectivity index (χ2n) is 22.8. The lowest BCUT2D eigenvalue weighted by atomic mass is 10.0. The summed E-state index contributed by atoms with van der Waals surface area (Å²) in [6.07, 6.45) is 80.3. The van der Waals surface area contributed by atoms with E-state index in [-0.39, 0.29) is 18.5 Å². The van der Waals surface area contributed by atoms with Gasteiger partial charge in [0.25, 0.3) is 0 Å². The van der Waals surface area contributed by atoms with Gasteiger partial charge in [-0.05, 0) is 83.5 Å². The third-order valence-electron chi connectivity index (χ3n) is 15.4. The van der Waals surface area contributed by atoms with E-state index in [1.807, 2.05) is 0 Å². The van der Waals surface area contributed by atoms with Crippen molar-refractivity contribution in [1.82, 2.24) is 5.32 Å². The first kappa shape index (κ1) is 72.1. The molecular weight excluding hydrogens is 911 g/mol. The van der Waals surface area contributed by atoms with Crippen LogP contribution >= 0.6 is 0 Å². The van der Waals surface area contributed by atoms with Crippen molar-refractivity contribution in [3.05, 3.63) is 36.5 Å². The average molecular weight is 1040 g/mol. The monoisotopic (exact) mass is 1040 g/mol. The van der Waals surface area contributed by atoms with Crippen molar-refractivity contribution < 1.29 is 24.5 Å². The van der Waals surface area contributed by atoms with E-state index < -0.39 is 12.1 Å². The van der Waals surface area contributed by atoms with Gasteiger partial charge in [0.05, 0.1) is 25.4 Å². The van der Waals surface area contributed by atoms with Crippen molar-refractivity contribution in [2.45, 2.75) is 373 Å². The molecule has 1 amide bonds. The lowest BCUT2D eigenvalue weighted by Gasteiger charge is -2.22. The molecule has 0 aromatic heterocycles. The van der Waals surface area contributed by atoms with E-state index in [0.717, 1.165) is 51.4 Å². The first-order valence-electron chi connectivity index (χ1n) is 33.2. The standard InChI is InChI=1S/C68H129NO5/c1-3-5-7-9-11-13-15-17-18-19-31-34-37-40-44-48-52-56-60-66(71)65(64-70)69-67(72)61-57-53-49-45-41-38-35-32-29-27-25-23-21-20-22-24-26-28-30-33-36-39-43-47-51-55-59-63-74-68(73)62-58-54-50-46-42-16-14-12-10-8-6-4-2/h12,14,20-21,24,26,65-66,70-71H,3-11,13,15-19,22-23,25,27-64H2,1-2H3,(H,69,72)/b14-12-,21-20-,26-24-. The summed E-state index contributed by atoms with van der Waals surface area (Å²) in [4.78, 5) is 24.5. The maximum atomic E-state index is 12.5. The number of aliphatic hydroxyl groups excluding tert-OH is 2. The Labute approximate surface area is 462 Å². The topological polar surface area (TPSA) is 95.9 Å².